The summed E-state index contributed by atoms with van der Waals surface area (Å²) in [5, 5.41) is 6.42. The minimum atomic E-state index is -2.87. The van der Waals surface area contributed by atoms with Crippen molar-refractivity contribution in [1.29, 1.82) is 0 Å². The first-order valence-electron chi connectivity index (χ1n) is 8.25. The molecule has 1 unspecified atom stereocenters. The van der Waals surface area contributed by atoms with E-state index in [9.17, 15) is 12.8 Å². The Morgan fingerprint density at radius 3 is 2.75 bits per heavy atom. The molecule has 24 heavy (non-hydrogen) atoms. The Morgan fingerprint density at radius 1 is 1.42 bits per heavy atom. The third-order valence-electron chi connectivity index (χ3n) is 3.97. The van der Waals surface area contributed by atoms with Crippen molar-refractivity contribution in [3.05, 3.63) is 35.1 Å². The molecular formula is C17H26FN3O2S. The van der Waals surface area contributed by atoms with Gasteiger partial charge in [0.1, 0.15) is 5.82 Å². The zero-order valence-corrected chi connectivity index (χ0v) is 15.3. The van der Waals surface area contributed by atoms with Crippen molar-refractivity contribution in [1.82, 2.24) is 10.6 Å². The molecule has 1 fully saturated rings. The van der Waals surface area contributed by atoms with Crippen LogP contribution in [0.1, 0.15) is 31.4 Å². The van der Waals surface area contributed by atoms with Gasteiger partial charge in [0, 0.05) is 12.6 Å². The number of hydrogen-bond donors (Lipinski definition) is 2. The summed E-state index contributed by atoms with van der Waals surface area (Å²) >= 11 is 0. The number of benzene rings is 1. The van der Waals surface area contributed by atoms with Crippen LogP contribution < -0.4 is 10.6 Å². The highest BCUT2D eigenvalue weighted by atomic mass is 32.2. The van der Waals surface area contributed by atoms with Crippen LogP contribution in [0.3, 0.4) is 0 Å². The van der Waals surface area contributed by atoms with E-state index in [1.807, 2.05) is 19.9 Å². The number of aryl methyl sites for hydroxylation is 1. The van der Waals surface area contributed by atoms with Crippen molar-refractivity contribution in [2.75, 3.05) is 18.1 Å². The summed E-state index contributed by atoms with van der Waals surface area (Å²) in [6, 6.07) is 5.29. The van der Waals surface area contributed by atoms with Crippen LogP contribution in [0, 0.1) is 18.7 Å². The molecule has 1 saturated heterocycles. The lowest BCUT2D eigenvalue weighted by Crippen LogP contribution is -2.43. The fourth-order valence-corrected chi connectivity index (χ4v) is 4.47. The van der Waals surface area contributed by atoms with Crippen LogP contribution in [0.4, 0.5) is 4.39 Å². The van der Waals surface area contributed by atoms with Crippen LogP contribution in [0.2, 0.25) is 0 Å². The molecule has 0 radical (unpaired) electrons. The first-order valence-corrected chi connectivity index (χ1v) is 10.1. The molecule has 0 spiro atoms. The molecule has 1 atom stereocenters. The number of nitrogens with one attached hydrogen (secondary N) is 2. The lowest BCUT2D eigenvalue weighted by Gasteiger charge is -2.17. The summed E-state index contributed by atoms with van der Waals surface area (Å²) in [6.45, 7) is 6.67. The van der Waals surface area contributed by atoms with E-state index >= 15 is 0 Å². The molecule has 0 bridgehead atoms. The molecule has 1 aromatic carbocycles. The second-order valence-electron chi connectivity index (χ2n) is 6.70. The van der Waals surface area contributed by atoms with Crippen LogP contribution >= 0.6 is 0 Å². The number of guanidine groups is 1. The van der Waals surface area contributed by atoms with Gasteiger partial charge in [-0.25, -0.2) is 17.8 Å². The van der Waals surface area contributed by atoms with Gasteiger partial charge in [0.15, 0.2) is 15.8 Å². The summed E-state index contributed by atoms with van der Waals surface area (Å²) in [6.07, 6.45) is 0.688. The number of aliphatic imine (C=N–C) groups is 1. The number of rotatable bonds is 5. The van der Waals surface area contributed by atoms with Crippen molar-refractivity contribution < 1.29 is 12.8 Å². The fourth-order valence-electron chi connectivity index (χ4n) is 2.61. The fraction of sp³-hybridized carbons (Fsp3) is 0.588. The molecule has 1 heterocycles. The van der Waals surface area contributed by atoms with E-state index in [2.05, 4.69) is 15.6 Å². The third-order valence-corrected chi connectivity index (χ3v) is 5.80. The summed E-state index contributed by atoms with van der Waals surface area (Å²) in [5.74, 6) is 1.01. The molecule has 2 N–H and O–H groups in total. The lowest BCUT2D eigenvalue weighted by molar-refractivity contribution is 0.562. The second-order valence-corrected chi connectivity index (χ2v) is 8.93. The van der Waals surface area contributed by atoms with E-state index in [0.29, 0.717) is 31.0 Å². The quantitative estimate of drug-likeness (QED) is 0.626. The van der Waals surface area contributed by atoms with Gasteiger partial charge in [0.2, 0.25) is 0 Å². The van der Waals surface area contributed by atoms with Crippen molar-refractivity contribution in [2.45, 2.75) is 39.8 Å². The topological polar surface area (TPSA) is 70.6 Å². The Kier molecular flexibility index (Phi) is 6.21. The van der Waals surface area contributed by atoms with E-state index in [1.165, 1.54) is 6.07 Å². The van der Waals surface area contributed by atoms with Gasteiger partial charge in [0.25, 0.3) is 0 Å². The molecule has 1 aliphatic heterocycles. The highest BCUT2D eigenvalue weighted by molar-refractivity contribution is 7.91. The molecule has 2 rings (SSSR count). The minimum absolute atomic E-state index is 0.117. The molecule has 0 amide bonds. The zero-order valence-electron chi connectivity index (χ0n) is 14.5. The summed E-state index contributed by atoms with van der Waals surface area (Å²) in [4.78, 5) is 4.48. The largest absolute Gasteiger partial charge is 0.356 e. The SMILES string of the molecule is Cc1ccc(CN=C(NCC2CCS(=O)(=O)C2)NC(C)C)cc1F. The van der Waals surface area contributed by atoms with Crippen LogP contribution in [0.5, 0.6) is 0 Å². The van der Waals surface area contributed by atoms with Gasteiger partial charge in [-0.3, -0.25) is 0 Å². The van der Waals surface area contributed by atoms with E-state index in [-0.39, 0.29) is 29.3 Å². The van der Waals surface area contributed by atoms with Gasteiger partial charge < -0.3 is 10.6 Å². The number of hydrogen-bond acceptors (Lipinski definition) is 3. The summed E-state index contributed by atoms with van der Waals surface area (Å²) in [7, 11) is -2.87. The van der Waals surface area contributed by atoms with Gasteiger partial charge in [-0.05, 0) is 50.3 Å². The van der Waals surface area contributed by atoms with Crippen LogP contribution in [0.15, 0.2) is 23.2 Å². The Labute approximate surface area is 143 Å². The maximum Gasteiger partial charge on any atom is 0.191 e. The predicted molar refractivity (Wildman–Crippen MR) is 95.3 cm³/mol. The number of nitrogens with zero attached hydrogens (tertiary/aromatic N) is 1. The van der Waals surface area contributed by atoms with Gasteiger partial charge in [-0.2, -0.15) is 0 Å². The molecule has 0 saturated carbocycles. The molecule has 7 heteroatoms. The Balaban J connectivity index is 1.97. The highest BCUT2D eigenvalue weighted by Gasteiger charge is 2.27. The number of halogens is 1. The van der Waals surface area contributed by atoms with Crippen LogP contribution in [-0.2, 0) is 16.4 Å². The summed E-state index contributed by atoms with van der Waals surface area (Å²) < 4.78 is 36.7. The van der Waals surface area contributed by atoms with Crippen LogP contribution in [-0.4, -0.2) is 38.5 Å². The Bertz CT molecular complexity index is 702. The molecule has 0 aliphatic carbocycles. The molecule has 5 nitrogen and oxygen atoms in total. The molecular weight excluding hydrogens is 329 g/mol. The highest BCUT2D eigenvalue weighted by Crippen LogP contribution is 2.17. The monoisotopic (exact) mass is 355 g/mol. The molecule has 134 valence electrons. The third kappa shape index (κ3) is 5.78. The average molecular weight is 355 g/mol. The van der Waals surface area contributed by atoms with Gasteiger partial charge >= 0.3 is 0 Å². The van der Waals surface area contributed by atoms with E-state index < -0.39 is 9.84 Å². The standard InChI is InChI=1S/C17H26FN3O2S/c1-12(2)21-17(20-10-15-6-7-24(22,23)11-15)19-9-14-5-4-13(3)16(18)8-14/h4-5,8,12,15H,6-7,9-11H2,1-3H3,(H2,19,20,21). The molecule has 1 aromatic rings. The van der Waals surface area contributed by atoms with E-state index in [0.717, 1.165) is 5.56 Å². The second kappa shape index (κ2) is 7.96. The Morgan fingerprint density at radius 2 is 2.17 bits per heavy atom. The van der Waals surface area contributed by atoms with Crippen molar-refractivity contribution >= 4 is 15.8 Å². The van der Waals surface area contributed by atoms with Gasteiger partial charge in [-0.1, -0.05) is 12.1 Å². The maximum atomic E-state index is 13.6. The molecule has 0 aromatic heterocycles. The molecule has 1 aliphatic rings. The number of sulfone groups is 1. The van der Waals surface area contributed by atoms with Crippen molar-refractivity contribution in [3.63, 3.8) is 0 Å². The Hall–Kier alpha value is -1.63. The van der Waals surface area contributed by atoms with Crippen molar-refractivity contribution in [3.8, 4) is 0 Å². The van der Waals surface area contributed by atoms with E-state index in [4.69, 9.17) is 0 Å². The first kappa shape index (κ1) is 18.7. The maximum absolute atomic E-state index is 13.6. The van der Waals surface area contributed by atoms with Crippen molar-refractivity contribution in [2.24, 2.45) is 10.9 Å². The smallest absolute Gasteiger partial charge is 0.191 e. The first-order chi connectivity index (χ1) is 11.2. The lowest BCUT2D eigenvalue weighted by atomic mass is 10.1. The van der Waals surface area contributed by atoms with Crippen LogP contribution in [0.25, 0.3) is 0 Å². The predicted octanol–water partition coefficient (Wildman–Crippen LogP) is 2.01. The van der Waals surface area contributed by atoms with Gasteiger partial charge in [-0.15, -0.1) is 0 Å². The average Bonchev–Trinajstić information content (AvgIpc) is 2.84. The minimum Gasteiger partial charge on any atom is -0.356 e. The zero-order chi connectivity index (χ0) is 17.7. The van der Waals surface area contributed by atoms with Gasteiger partial charge in [0.05, 0.1) is 18.1 Å². The normalized spacial score (nSPS) is 20.4. The summed E-state index contributed by atoms with van der Waals surface area (Å²) in [5.41, 5.74) is 1.41. The van der Waals surface area contributed by atoms with E-state index in [1.54, 1.807) is 13.0 Å².